The Hall–Kier alpha value is -1.93. The molecule has 3 aliphatic heterocycles. The zero-order chi connectivity index (χ0) is 20.6. The number of cyclic esters (lactones) is 1. The zero-order valence-electron chi connectivity index (χ0n) is 17.8. The number of carbonyl (C=O) groups excluding carboxylic acids is 1. The van der Waals surface area contributed by atoms with E-state index in [-0.39, 0.29) is 23.6 Å². The van der Waals surface area contributed by atoms with Crippen molar-refractivity contribution in [1.29, 1.82) is 0 Å². The summed E-state index contributed by atoms with van der Waals surface area (Å²) in [5.74, 6) is 1.64. The van der Waals surface area contributed by atoms with Gasteiger partial charge in [-0.2, -0.15) is 4.98 Å². The van der Waals surface area contributed by atoms with Gasteiger partial charge in [-0.3, -0.25) is 9.69 Å². The van der Waals surface area contributed by atoms with E-state index in [2.05, 4.69) is 14.8 Å². The van der Waals surface area contributed by atoms with E-state index in [1.807, 2.05) is 32.1 Å². The topological polar surface area (TPSA) is 82.0 Å². The summed E-state index contributed by atoms with van der Waals surface area (Å²) in [6, 6.07) is 0. The molecule has 0 radical (unpaired) electrons. The maximum absolute atomic E-state index is 12.7. The molecule has 0 aromatic carbocycles. The molecule has 29 heavy (non-hydrogen) atoms. The monoisotopic (exact) mass is 403 g/mol. The van der Waals surface area contributed by atoms with Crippen LogP contribution in [-0.2, 0) is 9.53 Å². The summed E-state index contributed by atoms with van der Waals surface area (Å²) in [6.45, 7) is 6.12. The van der Waals surface area contributed by atoms with Crippen LogP contribution >= 0.6 is 0 Å². The molecule has 0 saturated carbocycles. The summed E-state index contributed by atoms with van der Waals surface area (Å²) in [4.78, 5) is 28.5. The molecular formula is C21H33N5O3. The highest BCUT2D eigenvalue weighted by atomic mass is 16.6. The summed E-state index contributed by atoms with van der Waals surface area (Å²) in [6.07, 6.45) is 5.67. The third kappa shape index (κ3) is 4.19. The van der Waals surface area contributed by atoms with Crippen molar-refractivity contribution < 1.29 is 14.6 Å². The first-order valence-electron chi connectivity index (χ1n) is 10.7. The van der Waals surface area contributed by atoms with Crippen LogP contribution in [0.1, 0.15) is 37.7 Å². The second kappa shape index (κ2) is 8.07. The summed E-state index contributed by atoms with van der Waals surface area (Å²) in [5.41, 5.74) is 0.700. The van der Waals surface area contributed by atoms with Gasteiger partial charge in [-0.05, 0) is 32.6 Å². The number of hydrogen-bond acceptors (Lipinski definition) is 8. The predicted molar refractivity (Wildman–Crippen MR) is 111 cm³/mol. The molecule has 8 nitrogen and oxygen atoms in total. The third-order valence-corrected chi connectivity index (χ3v) is 6.70. The molecule has 0 amide bonds. The van der Waals surface area contributed by atoms with E-state index >= 15 is 0 Å². The molecule has 3 aliphatic rings. The van der Waals surface area contributed by atoms with Crippen LogP contribution in [0.15, 0.2) is 6.20 Å². The molecule has 4 rings (SSSR count). The van der Waals surface area contributed by atoms with E-state index in [0.29, 0.717) is 0 Å². The van der Waals surface area contributed by atoms with Crippen molar-refractivity contribution in [3.63, 3.8) is 0 Å². The maximum atomic E-state index is 12.7. The number of rotatable bonds is 4. The fraction of sp³-hybridized carbons (Fsp3) is 0.762. The van der Waals surface area contributed by atoms with Crippen LogP contribution in [0, 0.1) is 12.3 Å². The molecule has 1 aromatic heterocycles. The standard InChI is InChI=1S/C21H33N5O3/c1-15-13-22-20(23-18(15)24(2)3)26-10-6-21(7-11-26)12-17(29-19(21)28)14-25-8-4-16(27)5-9-25/h13,16-17,27H,4-12,14H2,1-3H3. The minimum absolute atomic E-state index is 0.0275. The Labute approximate surface area is 172 Å². The van der Waals surface area contributed by atoms with Gasteiger partial charge in [0.1, 0.15) is 11.9 Å². The second-order valence-electron chi connectivity index (χ2n) is 9.10. The first-order chi connectivity index (χ1) is 13.9. The lowest BCUT2D eigenvalue weighted by Crippen LogP contribution is -2.43. The van der Waals surface area contributed by atoms with Gasteiger partial charge in [0, 0.05) is 65.0 Å². The van der Waals surface area contributed by atoms with Crippen LogP contribution in [-0.4, -0.2) is 85.0 Å². The summed E-state index contributed by atoms with van der Waals surface area (Å²) in [5, 5.41) is 9.68. The highest BCUT2D eigenvalue weighted by Gasteiger charge is 2.50. The second-order valence-corrected chi connectivity index (χ2v) is 9.10. The van der Waals surface area contributed by atoms with Crippen molar-refractivity contribution in [2.24, 2.45) is 5.41 Å². The summed E-state index contributed by atoms with van der Waals surface area (Å²) in [7, 11) is 3.98. The molecule has 0 bridgehead atoms. The number of ether oxygens (including phenoxy) is 1. The van der Waals surface area contributed by atoms with Gasteiger partial charge in [-0.25, -0.2) is 4.98 Å². The van der Waals surface area contributed by atoms with Gasteiger partial charge in [-0.15, -0.1) is 0 Å². The van der Waals surface area contributed by atoms with Gasteiger partial charge in [-0.1, -0.05) is 0 Å². The Bertz CT molecular complexity index is 740. The molecule has 1 spiro atoms. The molecule has 1 N–H and O–H groups in total. The number of piperidine rings is 2. The largest absolute Gasteiger partial charge is 0.461 e. The van der Waals surface area contributed by atoms with Crippen LogP contribution in [0.5, 0.6) is 0 Å². The lowest BCUT2D eigenvalue weighted by Gasteiger charge is -2.37. The predicted octanol–water partition coefficient (Wildman–Crippen LogP) is 1.21. The van der Waals surface area contributed by atoms with Crippen LogP contribution in [0.4, 0.5) is 11.8 Å². The number of likely N-dealkylation sites (tertiary alicyclic amines) is 1. The average molecular weight is 404 g/mol. The number of nitrogens with zero attached hydrogens (tertiary/aromatic N) is 5. The van der Waals surface area contributed by atoms with Gasteiger partial charge in [0.25, 0.3) is 0 Å². The Morgan fingerprint density at radius 3 is 2.59 bits per heavy atom. The van der Waals surface area contributed by atoms with Gasteiger partial charge < -0.3 is 19.6 Å². The van der Waals surface area contributed by atoms with Gasteiger partial charge in [0.15, 0.2) is 0 Å². The lowest BCUT2D eigenvalue weighted by molar-refractivity contribution is -0.150. The normalized spacial score (nSPS) is 25.4. The van der Waals surface area contributed by atoms with E-state index in [9.17, 15) is 9.90 Å². The molecule has 160 valence electrons. The molecule has 3 fully saturated rings. The quantitative estimate of drug-likeness (QED) is 0.752. The van der Waals surface area contributed by atoms with Crippen molar-refractivity contribution in [1.82, 2.24) is 14.9 Å². The van der Waals surface area contributed by atoms with Crippen molar-refractivity contribution in [3.8, 4) is 0 Å². The summed E-state index contributed by atoms with van der Waals surface area (Å²) >= 11 is 0. The molecular weight excluding hydrogens is 370 g/mol. The maximum Gasteiger partial charge on any atom is 0.312 e. The van der Waals surface area contributed by atoms with E-state index < -0.39 is 0 Å². The highest BCUT2D eigenvalue weighted by Crippen LogP contribution is 2.43. The molecule has 8 heteroatoms. The molecule has 1 aromatic rings. The number of hydrogen-bond donors (Lipinski definition) is 1. The van der Waals surface area contributed by atoms with Gasteiger partial charge in [0.2, 0.25) is 5.95 Å². The first-order valence-corrected chi connectivity index (χ1v) is 10.7. The molecule has 0 aliphatic carbocycles. The van der Waals surface area contributed by atoms with Crippen molar-refractivity contribution in [2.45, 2.75) is 51.2 Å². The number of aromatic nitrogens is 2. The first kappa shape index (κ1) is 20.3. The Morgan fingerprint density at radius 2 is 1.93 bits per heavy atom. The van der Waals surface area contributed by atoms with Crippen molar-refractivity contribution >= 4 is 17.7 Å². The molecule has 1 atom stereocenters. The molecule has 3 saturated heterocycles. The number of anilines is 2. The van der Waals surface area contributed by atoms with E-state index in [0.717, 1.165) is 82.2 Å². The van der Waals surface area contributed by atoms with Gasteiger partial charge >= 0.3 is 5.97 Å². The lowest BCUT2D eigenvalue weighted by atomic mass is 9.76. The SMILES string of the molecule is Cc1cnc(N2CCC3(CC2)CC(CN2CCC(O)CC2)OC3=O)nc1N(C)C. The Balaban J connectivity index is 1.36. The highest BCUT2D eigenvalue weighted by molar-refractivity contribution is 5.79. The minimum Gasteiger partial charge on any atom is -0.461 e. The number of aliphatic hydroxyl groups is 1. The smallest absolute Gasteiger partial charge is 0.312 e. The molecule has 1 unspecified atom stereocenters. The van der Waals surface area contributed by atoms with E-state index in [1.54, 1.807) is 0 Å². The number of esters is 1. The average Bonchev–Trinajstić information content (AvgIpc) is 2.99. The van der Waals surface area contributed by atoms with E-state index in [1.165, 1.54) is 0 Å². The zero-order valence-corrected chi connectivity index (χ0v) is 17.8. The van der Waals surface area contributed by atoms with Gasteiger partial charge in [0.05, 0.1) is 11.5 Å². The fourth-order valence-corrected chi connectivity index (χ4v) is 4.90. The minimum atomic E-state index is -0.356. The van der Waals surface area contributed by atoms with Crippen LogP contribution in [0.25, 0.3) is 0 Å². The third-order valence-electron chi connectivity index (χ3n) is 6.70. The Kier molecular flexibility index (Phi) is 5.66. The van der Waals surface area contributed by atoms with Crippen molar-refractivity contribution in [3.05, 3.63) is 11.8 Å². The van der Waals surface area contributed by atoms with Crippen LogP contribution < -0.4 is 9.80 Å². The number of aryl methyl sites for hydroxylation is 1. The number of carbonyl (C=O) groups is 1. The summed E-state index contributed by atoms with van der Waals surface area (Å²) < 4.78 is 5.79. The fourth-order valence-electron chi connectivity index (χ4n) is 4.90. The van der Waals surface area contributed by atoms with Crippen LogP contribution in [0.3, 0.4) is 0 Å². The Morgan fingerprint density at radius 1 is 1.24 bits per heavy atom. The van der Waals surface area contributed by atoms with Crippen molar-refractivity contribution in [2.75, 3.05) is 56.6 Å². The van der Waals surface area contributed by atoms with E-state index in [4.69, 9.17) is 9.72 Å². The number of aliphatic hydroxyl groups excluding tert-OH is 1. The molecule has 4 heterocycles. The van der Waals surface area contributed by atoms with Crippen LogP contribution in [0.2, 0.25) is 0 Å².